The van der Waals surface area contributed by atoms with Crippen LogP contribution in [0.1, 0.15) is 23.8 Å². The SMILES string of the molecule is Cc1nc(CN(C)CCC(=O)O)oc1C. The summed E-state index contributed by atoms with van der Waals surface area (Å²) in [5.74, 6) is 0.663. The highest BCUT2D eigenvalue weighted by Gasteiger charge is 2.09. The van der Waals surface area contributed by atoms with Crippen molar-refractivity contribution in [2.24, 2.45) is 0 Å². The van der Waals surface area contributed by atoms with E-state index in [1.165, 1.54) is 0 Å². The minimum Gasteiger partial charge on any atom is -0.481 e. The highest BCUT2D eigenvalue weighted by molar-refractivity contribution is 5.66. The fourth-order valence-corrected chi connectivity index (χ4v) is 1.20. The maximum absolute atomic E-state index is 10.3. The number of rotatable bonds is 5. The van der Waals surface area contributed by atoms with Gasteiger partial charge in [-0.1, -0.05) is 0 Å². The number of carboxylic acids is 1. The van der Waals surface area contributed by atoms with Crippen molar-refractivity contribution in [3.8, 4) is 0 Å². The molecule has 1 N–H and O–H groups in total. The van der Waals surface area contributed by atoms with E-state index in [4.69, 9.17) is 9.52 Å². The zero-order valence-electron chi connectivity index (χ0n) is 9.28. The average Bonchev–Trinajstić information content (AvgIpc) is 2.42. The number of hydrogen-bond acceptors (Lipinski definition) is 4. The summed E-state index contributed by atoms with van der Waals surface area (Å²) in [6.07, 6.45) is 0.134. The number of nitrogens with zero attached hydrogens (tertiary/aromatic N) is 2. The second-order valence-corrected chi connectivity index (χ2v) is 3.63. The van der Waals surface area contributed by atoms with Gasteiger partial charge in [-0.15, -0.1) is 0 Å². The number of aromatic nitrogens is 1. The molecule has 0 spiro atoms. The van der Waals surface area contributed by atoms with E-state index in [1.54, 1.807) is 0 Å². The molecule has 1 aromatic heterocycles. The van der Waals surface area contributed by atoms with Gasteiger partial charge in [-0.05, 0) is 20.9 Å². The number of carboxylic acid groups (broad SMARTS) is 1. The summed E-state index contributed by atoms with van der Waals surface area (Å²) >= 11 is 0. The van der Waals surface area contributed by atoms with E-state index in [-0.39, 0.29) is 6.42 Å². The van der Waals surface area contributed by atoms with Crippen LogP contribution in [0.15, 0.2) is 4.42 Å². The van der Waals surface area contributed by atoms with Gasteiger partial charge < -0.3 is 9.52 Å². The largest absolute Gasteiger partial charge is 0.481 e. The van der Waals surface area contributed by atoms with Gasteiger partial charge in [0.25, 0.3) is 0 Å². The first-order valence-electron chi connectivity index (χ1n) is 4.82. The molecule has 84 valence electrons. The van der Waals surface area contributed by atoms with Crippen LogP contribution in [0.25, 0.3) is 0 Å². The van der Waals surface area contributed by atoms with E-state index in [0.717, 1.165) is 11.5 Å². The Morgan fingerprint density at radius 2 is 2.20 bits per heavy atom. The molecule has 5 nitrogen and oxygen atoms in total. The highest BCUT2D eigenvalue weighted by Crippen LogP contribution is 2.09. The topological polar surface area (TPSA) is 66.6 Å². The van der Waals surface area contributed by atoms with E-state index in [2.05, 4.69) is 4.98 Å². The summed E-state index contributed by atoms with van der Waals surface area (Å²) in [7, 11) is 1.85. The predicted molar refractivity (Wildman–Crippen MR) is 54.6 cm³/mol. The Labute approximate surface area is 88.7 Å². The van der Waals surface area contributed by atoms with E-state index in [9.17, 15) is 4.79 Å². The number of carbonyl (C=O) groups is 1. The van der Waals surface area contributed by atoms with Gasteiger partial charge in [-0.25, -0.2) is 4.98 Å². The molecule has 5 heteroatoms. The molecule has 0 aliphatic carbocycles. The normalized spacial score (nSPS) is 10.9. The van der Waals surface area contributed by atoms with Crippen molar-refractivity contribution in [1.29, 1.82) is 0 Å². The molecule has 0 aliphatic rings. The zero-order valence-corrected chi connectivity index (χ0v) is 9.28. The van der Waals surface area contributed by atoms with Gasteiger partial charge in [0.2, 0.25) is 5.89 Å². The molecule has 0 unspecified atom stereocenters. The summed E-state index contributed by atoms with van der Waals surface area (Å²) in [6.45, 7) is 4.79. The van der Waals surface area contributed by atoms with Crippen molar-refractivity contribution in [1.82, 2.24) is 9.88 Å². The van der Waals surface area contributed by atoms with Crippen LogP contribution in [-0.4, -0.2) is 34.6 Å². The van der Waals surface area contributed by atoms with Gasteiger partial charge in [0, 0.05) is 6.54 Å². The Balaban J connectivity index is 2.44. The highest BCUT2D eigenvalue weighted by atomic mass is 16.4. The summed E-state index contributed by atoms with van der Waals surface area (Å²) in [5, 5.41) is 8.51. The molecule has 1 aromatic rings. The lowest BCUT2D eigenvalue weighted by Gasteiger charge is -2.12. The summed E-state index contributed by atoms with van der Waals surface area (Å²) in [6, 6.07) is 0. The lowest BCUT2D eigenvalue weighted by molar-refractivity contribution is -0.137. The van der Waals surface area contributed by atoms with Crippen LogP contribution in [0.2, 0.25) is 0 Å². The Morgan fingerprint density at radius 1 is 1.53 bits per heavy atom. The van der Waals surface area contributed by atoms with Crippen LogP contribution in [0.5, 0.6) is 0 Å². The van der Waals surface area contributed by atoms with Crippen LogP contribution in [0.3, 0.4) is 0 Å². The Morgan fingerprint density at radius 3 is 2.67 bits per heavy atom. The fourth-order valence-electron chi connectivity index (χ4n) is 1.20. The molecule has 0 atom stereocenters. The van der Waals surface area contributed by atoms with Crippen LogP contribution >= 0.6 is 0 Å². The average molecular weight is 212 g/mol. The van der Waals surface area contributed by atoms with Gasteiger partial charge in [0.1, 0.15) is 5.76 Å². The monoisotopic (exact) mass is 212 g/mol. The molecule has 0 saturated heterocycles. The van der Waals surface area contributed by atoms with Crippen molar-refractivity contribution in [3.05, 3.63) is 17.3 Å². The van der Waals surface area contributed by atoms with E-state index in [0.29, 0.717) is 19.0 Å². The Kier molecular flexibility index (Phi) is 3.85. The number of aryl methyl sites for hydroxylation is 2. The third-order valence-electron chi connectivity index (χ3n) is 2.19. The molecule has 0 bridgehead atoms. The molecular weight excluding hydrogens is 196 g/mol. The van der Waals surface area contributed by atoms with Crippen LogP contribution in [0.4, 0.5) is 0 Å². The Bertz CT molecular complexity index is 327. The molecule has 1 rings (SSSR count). The maximum atomic E-state index is 10.3. The zero-order chi connectivity index (χ0) is 11.4. The molecule has 0 amide bonds. The lowest BCUT2D eigenvalue weighted by atomic mass is 10.4. The van der Waals surface area contributed by atoms with Crippen molar-refractivity contribution in [2.75, 3.05) is 13.6 Å². The van der Waals surface area contributed by atoms with Crippen LogP contribution < -0.4 is 0 Å². The van der Waals surface area contributed by atoms with Gasteiger partial charge in [-0.3, -0.25) is 9.69 Å². The molecule has 15 heavy (non-hydrogen) atoms. The van der Waals surface area contributed by atoms with Crippen molar-refractivity contribution < 1.29 is 14.3 Å². The molecule has 1 heterocycles. The molecule has 0 saturated carbocycles. The first-order valence-corrected chi connectivity index (χ1v) is 4.82. The molecule has 0 aromatic carbocycles. The quantitative estimate of drug-likeness (QED) is 0.794. The van der Waals surface area contributed by atoms with Crippen LogP contribution in [-0.2, 0) is 11.3 Å². The van der Waals surface area contributed by atoms with Crippen molar-refractivity contribution in [3.63, 3.8) is 0 Å². The van der Waals surface area contributed by atoms with Crippen LogP contribution in [0, 0.1) is 13.8 Å². The molecule has 0 aliphatic heterocycles. The van der Waals surface area contributed by atoms with E-state index in [1.807, 2.05) is 25.8 Å². The first-order chi connectivity index (χ1) is 6.99. The van der Waals surface area contributed by atoms with Gasteiger partial charge in [-0.2, -0.15) is 0 Å². The third kappa shape index (κ3) is 3.71. The summed E-state index contributed by atoms with van der Waals surface area (Å²) < 4.78 is 5.39. The second kappa shape index (κ2) is 4.93. The van der Waals surface area contributed by atoms with Gasteiger partial charge >= 0.3 is 5.97 Å². The smallest absolute Gasteiger partial charge is 0.304 e. The third-order valence-corrected chi connectivity index (χ3v) is 2.19. The molecule has 0 fully saturated rings. The molecular formula is C10H16N2O3. The minimum absolute atomic E-state index is 0.134. The lowest BCUT2D eigenvalue weighted by Crippen LogP contribution is -2.21. The standard InChI is InChI=1S/C10H16N2O3/c1-7-8(2)15-9(11-7)6-12(3)5-4-10(13)14/h4-6H2,1-3H3,(H,13,14). The number of oxazole rings is 1. The maximum Gasteiger partial charge on any atom is 0.304 e. The summed E-state index contributed by atoms with van der Waals surface area (Å²) in [4.78, 5) is 16.4. The van der Waals surface area contributed by atoms with Crippen molar-refractivity contribution in [2.45, 2.75) is 26.8 Å². The number of aliphatic carboxylic acids is 1. The first kappa shape index (κ1) is 11.7. The van der Waals surface area contributed by atoms with Gasteiger partial charge in [0.05, 0.1) is 18.7 Å². The predicted octanol–water partition coefficient (Wildman–Crippen LogP) is 1.20. The number of hydrogen-bond donors (Lipinski definition) is 1. The summed E-state index contributed by atoms with van der Waals surface area (Å²) in [5.41, 5.74) is 0.886. The van der Waals surface area contributed by atoms with Crippen molar-refractivity contribution >= 4 is 5.97 Å². The molecule has 0 radical (unpaired) electrons. The fraction of sp³-hybridized carbons (Fsp3) is 0.600. The Hall–Kier alpha value is -1.36. The second-order valence-electron chi connectivity index (χ2n) is 3.63. The van der Waals surface area contributed by atoms with E-state index >= 15 is 0 Å². The minimum atomic E-state index is -0.790. The van der Waals surface area contributed by atoms with Gasteiger partial charge in [0.15, 0.2) is 0 Å². The van der Waals surface area contributed by atoms with E-state index < -0.39 is 5.97 Å².